The summed E-state index contributed by atoms with van der Waals surface area (Å²) in [6.45, 7) is 1.59. The van der Waals surface area contributed by atoms with E-state index in [2.05, 4.69) is 9.88 Å². The maximum absolute atomic E-state index is 10.6. The molecule has 0 saturated carbocycles. The monoisotopic (exact) mass is 233 g/mol. The number of piperidine rings is 1. The highest BCUT2D eigenvalue weighted by Gasteiger charge is 2.17. The van der Waals surface area contributed by atoms with Gasteiger partial charge in [0.05, 0.1) is 10.6 Å². The first-order valence-corrected chi connectivity index (χ1v) is 5.74. The van der Waals surface area contributed by atoms with Crippen LogP contribution in [0.15, 0.2) is 36.4 Å². The van der Waals surface area contributed by atoms with Crippen molar-refractivity contribution < 1.29 is 4.92 Å². The van der Waals surface area contributed by atoms with E-state index in [4.69, 9.17) is 0 Å². The van der Waals surface area contributed by atoms with E-state index in [1.54, 1.807) is 12.4 Å². The first-order valence-electron chi connectivity index (χ1n) is 5.74. The van der Waals surface area contributed by atoms with Gasteiger partial charge in [-0.15, -0.1) is 0 Å². The van der Waals surface area contributed by atoms with Gasteiger partial charge in [-0.1, -0.05) is 6.07 Å². The number of hydrogen-bond donors (Lipinski definition) is 0. The lowest BCUT2D eigenvalue weighted by molar-refractivity contribution is -0.404. The Hall–Kier alpha value is -1.91. The molecule has 0 atom stereocenters. The zero-order chi connectivity index (χ0) is 12.1. The minimum absolute atomic E-state index is 0.364. The first-order chi connectivity index (χ1) is 8.25. The molecule has 0 bridgehead atoms. The number of aromatic nitrogens is 1. The maximum Gasteiger partial charge on any atom is 0.253 e. The summed E-state index contributed by atoms with van der Waals surface area (Å²) in [6.07, 6.45) is 7.58. The third-order valence-corrected chi connectivity index (χ3v) is 2.87. The van der Waals surface area contributed by atoms with Crippen LogP contribution in [0.1, 0.15) is 24.8 Å². The topological polar surface area (TPSA) is 59.3 Å². The maximum atomic E-state index is 10.6. The van der Waals surface area contributed by atoms with E-state index < -0.39 is 0 Å². The highest BCUT2D eigenvalue weighted by molar-refractivity contribution is 5.11. The van der Waals surface area contributed by atoms with Crippen molar-refractivity contribution in [2.45, 2.75) is 25.8 Å². The molecule has 1 aliphatic heterocycles. The van der Waals surface area contributed by atoms with Gasteiger partial charge >= 0.3 is 0 Å². The Balaban J connectivity index is 2.09. The average molecular weight is 233 g/mol. The summed E-state index contributed by atoms with van der Waals surface area (Å²) in [5.74, 6) is 0. The van der Waals surface area contributed by atoms with Crippen LogP contribution >= 0.6 is 0 Å². The van der Waals surface area contributed by atoms with E-state index >= 15 is 0 Å². The van der Waals surface area contributed by atoms with Gasteiger partial charge in [0.25, 0.3) is 6.20 Å². The Morgan fingerprint density at radius 2 is 2.41 bits per heavy atom. The Labute approximate surface area is 99.9 Å². The van der Waals surface area contributed by atoms with Crippen LogP contribution in [0.3, 0.4) is 0 Å². The standard InChI is InChI=1S/C12H15N3O2/c16-15(17)10-12-5-1-2-7-14(12)9-11-4-3-6-13-8-11/h3-4,6,8,10H,1-2,5,7,9H2. The number of pyridine rings is 1. The van der Waals surface area contributed by atoms with E-state index in [1.807, 2.05) is 12.1 Å². The molecule has 2 rings (SSSR count). The minimum atomic E-state index is -0.364. The number of nitrogens with zero attached hydrogens (tertiary/aromatic N) is 3. The average Bonchev–Trinajstić information content (AvgIpc) is 2.32. The van der Waals surface area contributed by atoms with Crippen molar-refractivity contribution in [1.82, 2.24) is 9.88 Å². The molecule has 90 valence electrons. The third kappa shape index (κ3) is 3.27. The molecular weight excluding hydrogens is 218 g/mol. The van der Waals surface area contributed by atoms with Gasteiger partial charge < -0.3 is 4.90 Å². The van der Waals surface area contributed by atoms with Gasteiger partial charge in [-0.25, -0.2) is 0 Å². The predicted octanol–water partition coefficient (Wildman–Crippen LogP) is 2.19. The van der Waals surface area contributed by atoms with Crippen molar-refractivity contribution in [3.63, 3.8) is 0 Å². The minimum Gasteiger partial charge on any atom is -0.365 e. The summed E-state index contributed by atoms with van der Waals surface area (Å²) < 4.78 is 0. The lowest BCUT2D eigenvalue weighted by Gasteiger charge is -2.29. The molecule has 17 heavy (non-hydrogen) atoms. The summed E-state index contributed by atoms with van der Waals surface area (Å²) in [5.41, 5.74) is 1.91. The Morgan fingerprint density at radius 3 is 3.12 bits per heavy atom. The zero-order valence-corrected chi connectivity index (χ0v) is 9.58. The van der Waals surface area contributed by atoms with Crippen LogP contribution in [0, 0.1) is 10.1 Å². The second kappa shape index (κ2) is 5.43. The van der Waals surface area contributed by atoms with E-state index in [0.717, 1.165) is 43.3 Å². The van der Waals surface area contributed by atoms with Gasteiger partial charge in [-0.2, -0.15) is 0 Å². The van der Waals surface area contributed by atoms with Crippen LogP contribution in [-0.4, -0.2) is 21.4 Å². The van der Waals surface area contributed by atoms with Crippen LogP contribution in [-0.2, 0) is 6.54 Å². The van der Waals surface area contributed by atoms with Gasteiger partial charge in [-0.05, 0) is 30.9 Å². The summed E-state index contributed by atoms with van der Waals surface area (Å²) in [4.78, 5) is 16.3. The second-order valence-corrected chi connectivity index (χ2v) is 4.15. The number of likely N-dealkylation sites (tertiary alicyclic amines) is 1. The van der Waals surface area contributed by atoms with Crippen LogP contribution in [0.25, 0.3) is 0 Å². The molecule has 1 aliphatic rings. The molecule has 1 aromatic rings. The van der Waals surface area contributed by atoms with Crippen molar-refractivity contribution in [3.05, 3.63) is 52.1 Å². The predicted molar refractivity (Wildman–Crippen MR) is 63.6 cm³/mol. The lowest BCUT2D eigenvalue weighted by atomic mass is 10.1. The highest BCUT2D eigenvalue weighted by atomic mass is 16.6. The second-order valence-electron chi connectivity index (χ2n) is 4.15. The summed E-state index contributed by atoms with van der Waals surface area (Å²) in [7, 11) is 0. The number of rotatable bonds is 3. The fourth-order valence-corrected chi connectivity index (χ4v) is 2.07. The molecule has 0 aromatic carbocycles. The van der Waals surface area contributed by atoms with Crippen molar-refractivity contribution >= 4 is 0 Å². The molecule has 0 amide bonds. The van der Waals surface area contributed by atoms with Gasteiger partial charge in [0.2, 0.25) is 0 Å². The Bertz CT molecular complexity index is 417. The lowest BCUT2D eigenvalue weighted by Crippen LogP contribution is -2.28. The van der Waals surface area contributed by atoms with E-state index in [9.17, 15) is 10.1 Å². The van der Waals surface area contributed by atoms with Gasteiger partial charge in [0.1, 0.15) is 0 Å². The molecule has 0 spiro atoms. The smallest absolute Gasteiger partial charge is 0.253 e. The SMILES string of the molecule is O=[N+]([O-])C=C1CCCCN1Cc1cccnc1. The molecule has 1 fully saturated rings. The third-order valence-electron chi connectivity index (χ3n) is 2.87. The number of nitro groups is 1. The van der Waals surface area contributed by atoms with E-state index in [-0.39, 0.29) is 4.92 Å². The fourth-order valence-electron chi connectivity index (χ4n) is 2.07. The molecule has 0 N–H and O–H groups in total. The quantitative estimate of drug-likeness (QED) is 0.593. The molecule has 2 heterocycles. The van der Waals surface area contributed by atoms with Crippen LogP contribution in [0.5, 0.6) is 0 Å². The number of allylic oxidation sites excluding steroid dienone is 1. The van der Waals surface area contributed by atoms with Crippen molar-refractivity contribution in [1.29, 1.82) is 0 Å². The molecule has 5 heteroatoms. The molecule has 0 unspecified atom stereocenters. The Kier molecular flexibility index (Phi) is 3.69. The van der Waals surface area contributed by atoms with Gasteiger partial charge in [0.15, 0.2) is 0 Å². The van der Waals surface area contributed by atoms with Crippen molar-refractivity contribution in [2.75, 3.05) is 6.54 Å². The molecule has 0 aliphatic carbocycles. The van der Waals surface area contributed by atoms with Crippen LogP contribution in [0.4, 0.5) is 0 Å². The van der Waals surface area contributed by atoms with Gasteiger partial charge in [0, 0.05) is 25.5 Å². The molecule has 5 nitrogen and oxygen atoms in total. The largest absolute Gasteiger partial charge is 0.365 e. The molecular formula is C12H15N3O2. The van der Waals surface area contributed by atoms with E-state index in [0.29, 0.717) is 6.54 Å². The van der Waals surface area contributed by atoms with Crippen LogP contribution in [0.2, 0.25) is 0 Å². The van der Waals surface area contributed by atoms with Crippen molar-refractivity contribution in [3.8, 4) is 0 Å². The molecule has 0 radical (unpaired) electrons. The van der Waals surface area contributed by atoms with Crippen molar-refractivity contribution in [2.24, 2.45) is 0 Å². The summed E-state index contributed by atoms with van der Waals surface area (Å²) >= 11 is 0. The summed E-state index contributed by atoms with van der Waals surface area (Å²) in [5, 5.41) is 10.6. The first kappa shape index (κ1) is 11.6. The Morgan fingerprint density at radius 1 is 1.53 bits per heavy atom. The molecule has 1 saturated heterocycles. The zero-order valence-electron chi connectivity index (χ0n) is 9.58. The summed E-state index contributed by atoms with van der Waals surface area (Å²) in [6, 6.07) is 3.88. The van der Waals surface area contributed by atoms with Gasteiger partial charge in [-0.3, -0.25) is 15.1 Å². The van der Waals surface area contributed by atoms with Crippen LogP contribution < -0.4 is 0 Å². The number of hydrogen-bond acceptors (Lipinski definition) is 4. The normalized spacial score (nSPS) is 18.4. The molecule has 1 aromatic heterocycles. The highest BCUT2D eigenvalue weighted by Crippen LogP contribution is 2.22. The fraction of sp³-hybridized carbons (Fsp3) is 0.417. The van der Waals surface area contributed by atoms with E-state index in [1.165, 1.54) is 0 Å².